The highest BCUT2D eigenvalue weighted by molar-refractivity contribution is 7.12. The molecule has 0 atom stereocenters. The van der Waals surface area contributed by atoms with E-state index < -0.39 is 0 Å². The van der Waals surface area contributed by atoms with Gasteiger partial charge in [0.2, 0.25) is 0 Å². The molecule has 0 spiro atoms. The monoisotopic (exact) mass is 355 g/mol. The van der Waals surface area contributed by atoms with E-state index in [-0.39, 0.29) is 18.3 Å². The maximum atomic E-state index is 12.0. The van der Waals surface area contributed by atoms with Gasteiger partial charge in [-0.1, -0.05) is 6.07 Å². The van der Waals surface area contributed by atoms with Crippen LogP contribution >= 0.6 is 11.3 Å². The van der Waals surface area contributed by atoms with Gasteiger partial charge in [-0.05, 0) is 47.7 Å². The molecular formula is C18H17N3O3S. The molecule has 7 heteroatoms. The number of hydrogen-bond acceptors (Lipinski definition) is 5. The number of nitrogens with one attached hydrogen (secondary N) is 1. The number of ether oxygens (including phenoxy) is 1. The zero-order valence-electron chi connectivity index (χ0n) is 13.6. The molecule has 0 radical (unpaired) electrons. The fourth-order valence-electron chi connectivity index (χ4n) is 2.24. The molecule has 0 fully saturated rings. The van der Waals surface area contributed by atoms with Crippen molar-refractivity contribution in [2.24, 2.45) is 7.05 Å². The van der Waals surface area contributed by atoms with Gasteiger partial charge in [-0.3, -0.25) is 14.3 Å². The topological polar surface area (TPSA) is 73.2 Å². The summed E-state index contributed by atoms with van der Waals surface area (Å²) in [6.45, 7) is 0. The van der Waals surface area contributed by atoms with Crippen molar-refractivity contribution >= 4 is 28.9 Å². The van der Waals surface area contributed by atoms with Crippen molar-refractivity contribution in [1.82, 2.24) is 9.78 Å². The molecule has 6 nitrogen and oxygen atoms in total. The molecule has 1 amide bonds. The predicted molar refractivity (Wildman–Crippen MR) is 95.9 cm³/mol. The van der Waals surface area contributed by atoms with Crippen LogP contribution in [0.15, 0.2) is 54.2 Å². The van der Waals surface area contributed by atoms with Crippen molar-refractivity contribution in [3.63, 3.8) is 0 Å². The molecule has 3 rings (SSSR count). The highest BCUT2D eigenvalue weighted by atomic mass is 32.1. The first-order chi connectivity index (χ1) is 12.1. The highest BCUT2D eigenvalue weighted by Gasteiger charge is 2.09. The lowest BCUT2D eigenvalue weighted by Gasteiger charge is -2.06. The quantitative estimate of drug-likeness (QED) is 0.544. The van der Waals surface area contributed by atoms with Gasteiger partial charge in [0.15, 0.2) is 0 Å². The number of thiophene rings is 1. The summed E-state index contributed by atoms with van der Waals surface area (Å²) in [5.41, 5.74) is 1.64. The minimum Gasteiger partial charge on any atom is -0.427 e. The van der Waals surface area contributed by atoms with Crippen LogP contribution in [-0.4, -0.2) is 21.7 Å². The number of aromatic nitrogens is 2. The van der Waals surface area contributed by atoms with Crippen LogP contribution in [0.5, 0.6) is 5.75 Å². The van der Waals surface area contributed by atoms with Gasteiger partial charge in [-0.25, -0.2) is 0 Å². The standard InChI is InChI=1S/C18H17N3O3S/c1-21-12-13(11-19-21)4-9-17(22)24-15-7-5-14(6-8-15)20-18(23)16-3-2-10-25-16/h2-3,5-8,10-12H,4,9H2,1H3,(H,20,23). The molecule has 0 saturated heterocycles. The van der Waals surface area contributed by atoms with Crippen LogP contribution in [0.1, 0.15) is 21.7 Å². The average molecular weight is 355 g/mol. The van der Waals surface area contributed by atoms with E-state index in [2.05, 4.69) is 10.4 Å². The fourth-order valence-corrected chi connectivity index (χ4v) is 2.86. The Kier molecular flexibility index (Phi) is 5.25. The first-order valence-corrected chi connectivity index (χ1v) is 8.61. The number of esters is 1. The number of carbonyl (C=O) groups excluding carboxylic acids is 2. The summed E-state index contributed by atoms with van der Waals surface area (Å²) in [6, 6.07) is 10.3. The van der Waals surface area contributed by atoms with Gasteiger partial charge < -0.3 is 10.1 Å². The molecule has 0 aliphatic carbocycles. The van der Waals surface area contributed by atoms with Crippen LogP contribution in [0, 0.1) is 0 Å². The number of aryl methyl sites for hydroxylation is 2. The number of rotatable bonds is 6. The van der Waals surface area contributed by atoms with Gasteiger partial charge in [0.1, 0.15) is 5.75 Å². The second kappa shape index (κ2) is 7.76. The van der Waals surface area contributed by atoms with Crippen LogP contribution in [0.4, 0.5) is 5.69 Å². The van der Waals surface area contributed by atoms with Crippen molar-refractivity contribution in [3.05, 3.63) is 64.6 Å². The molecule has 2 heterocycles. The minimum absolute atomic E-state index is 0.156. The summed E-state index contributed by atoms with van der Waals surface area (Å²) in [7, 11) is 1.83. The van der Waals surface area contributed by atoms with E-state index >= 15 is 0 Å². The van der Waals surface area contributed by atoms with Gasteiger partial charge in [0, 0.05) is 18.9 Å². The van der Waals surface area contributed by atoms with Gasteiger partial charge >= 0.3 is 5.97 Å². The number of hydrogen-bond donors (Lipinski definition) is 1. The lowest BCUT2D eigenvalue weighted by Crippen LogP contribution is -2.11. The van der Waals surface area contributed by atoms with Crippen LogP contribution in [0.2, 0.25) is 0 Å². The van der Waals surface area contributed by atoms with Crippen molar-refractivity contribution in [2.45, 2.75) is 12.8 Å². The average Bonchev–Trinajstić information content (AvgIpc) is 3.26. The second-order valence-electron chi connectivity index (χ2n) is 5.45. The minimum atomic E-state index is -0.306. The second-order valence-corrected chi connectivity index (χ2v) is 6.40. The van der Waals surface area contributed by atoms with Crippen LogP contribution < -0.4 is 10.1 Å². The first kappa shape index (κ1) is 16.9. The summed E-state index contributed by atoms with van der Waals surface area (Å²) in [4.78, 5) is 24.5. The van der Waals surface area contributed by atoms with E-state index in [1.54, 1.807) is 41.2 Å². The molecule has 0 unspecified atom stereocenters. The van der Waals surface area contributed by atoms with Crippen LogP contribution in [0.25, 0.3) is 0 Å². The molecule has 25 heavy (non-hydrogen) atoms. The predicted octanol–water partition coefficient (Wildman–Crippen LogP) is 3.27. The lowest BCUT2D eigenvalue weighted by molar-refractivity contribution is -0.134. The van der Waals surface area contributed by atoms with Crippen molar-refractivity contribution in [1.29, 1.82) is 0 Å². The highest BCUT2D eigenvalue weighted by Crippen LogP contribution is 2.18. The third kappa shape index (κ3) is 4.77. The molecule has 128 valence electrons. The number of amides is 1. The Hall–Kier alpha value is -2.93. The van der Waals surface area contributed by atoms with Crippen LogP contribution in [-0.2, 0) is 18.3 Å². The van der Waals surface area contributed by atoms with Crippen molar-refractivity contribution < 1.29 is 14.3 Å². The van der Waals surface area contributed by atoms with E-state index in [9.17, 15) is 9.59 Å². The molecule has 1 N–H and O–H groups in total. The normalized spacial score (nSPS) is 10.4. The summed E-state index contributed by atoms with van der Waals surface area (Å²) in [6.07, 6.45) is 4.47. The molecule has 0 saturated carbocycles. The van der Waals surface area contributed by atoms with Gasteiger partial charge in [0.05, 0.1) is 17.5 Å². The molecule has 0 bridgehead atoms. The SMILES string of the molecule is Cn1cc(CCC(=O)Oc2ccc(NC(=O)c3cccs3)cc2)cn1. The molecular weight excluding hydrogens is 338 g/mol. The summed E-state index contributed by atoms with van der Waals surface area (Å²) >= 11 is 1.38. The first-order valence-electron chi connectivity index (χ1n) is 7.73. The van der Waals surface area contributed by atoms with E-state index in [1.807, 2.05) is 24.7 Å². The van der Waals surface area contributed by atoms with E-state index in [0.29, 0.717) is 22.7 Å². The zero-order chi connectivity index (χ0) is 17.6. The van der Waals surface area contributed by atoms with E-state index in [0.717, 1.165) is 5.56 Å². The smallest absolute Gasteiger partial charge is 0.311 e. The molecule has 1 aromatic carbocycles. The van der Waals surface area contributed by atoms with Crippen LogP contribution in [0.3, 0.4) is 0 Å². The van der Waals surface area contributed by atoms with Gasteiger partial charge in [-0.2, -0.15) is 5.10 Å². The molecule has 2 aromatic heterocycles. The number of anilines is 1. The third-order valence-corrected chi connectivity index (χ3v) is 4.33. The van der Waals surface area contributed by atoms with E-state index in [4.69, 9.17) is 4.74 Å². The maximum absolute atomic E-state index is 12.0. The fraction of sp³-hybridized carbons (Fsp3) is 0.167. The Morgan fingerprint density at radius 3 is 2.68 bits per heavy atom. The van der Waals surface area contributed by atoms with Crippen molar-refractivity contribution in [2.75, 3.05) is 5.32 Å². The summed E-state index contributed by atoms with van der Waals surface area (Å²) < 4.78 is 7.00. The van der Waals surface area contributed by atoms with Crippen molar-refractivity contribution in [3.8, 4) is 5.75 Å². The molecule has 3 aromatic rings. The number of nitrogens with zero attached hydrogens (tertiary/aromatic N) is 2. The van der Waals surface area contributed by atoms with Gasteiger partial charge in [0.25, 0.3) is 5.91 Å². The Morgan fingerprint density at radius 2 is 2.04 bits per heavy atom. The molecule has 0 aliphatic rings. The number of benzene rings is 1. The van der Waals surface area contributed by atoms with Gasteiger partial charge in [-0.15, -0.1) is 11.3 Å². The Labute approximate surface area is 149 Å². The molecule has 0 aliphatic heterocycles. The Morgan fingerprint density at radius 1 is 1.24 bits per heavy atom. The summed E-state index contributed by atoms with van der Waals surface area (Å²) in [5.74, 6) is -0.0132. The largest absolute Gasteiger partial charge is 0.427 e. The number of carbonyl (C=O) groups is 2. The zero-order valence-corrected chi connectivity index (χ0v) is 14.5. The lowest BCUT2D eigenvalue weighted by atomic mass is 10.2. The Balaban J connectivity index is 1.50. The Bertz CT molecular complexity index is 854. The third-order valence-electron chi connectivity index (χ3n) is 3.46. The maximum Gasteiger partial charge on any atom is 0.311 e. The van der Waals surface area contributed by atoms with E-state index in [1.165, 1.54) is 11.3 Å². The summed E-state index contributed by atoms with van der Waals surface area (Å²) in [5, 5.41) is 8.71.